The van der Waals surface area contributed by atoms with Crippen molar-refractivity contribution in [2.24, 2.45) is 5.92 Å². The lowest BCUT2D eigenvalue weighted by molar-refractivity contribution is -0.134. The summed E-state index contributed by atoms with van der Waals surface area (Å²) in [6.45, 7) is 3.19. The van der Waals surface area contributed by atoms with Gasteiger partial charge in [0.1, 0.15) is 0 Å². The summed E-state index contributed by atoms with van der Waals surface area (Å²) < 4.78 is 23.2. The topological polar surface area (TPSA) is 57.7 Å². The van der Waals surface area contributed by atoms with Crippen molar-refractivity contribution in [3.8, 4) is 0 Å². The van der Waals surface area contributed by atoms with Gasteiger partial charge >= 0.3 is 0 Å². The minimum Gasteiger partial charge on any atom is -0.340 e. The summed E-state index contributed by atoms with van der Waals surface area (Å²) in [5.74, 6) is 1.55. The Kier molecular flexibility index (Phi) is 5.07. The number of carbonyl (C=O) groups excluding carboxylic acids is 1. The fourth-order valence-corrected chi connectivity index (χ4v) is 5.93. The predicted molar refractivity (Wildman–Crippen MR) is 86.4 cm³/mol. The van der Waals surface area contributed by atoms with Gasteiger partial charge in [-0.25, -0.2) is 8.42 Å². The number of sulfone groups is 1. The normalized spacial score (nSPS) is 30.5. The van der Waals surface area contributed by atoms with Crippen LogP contribution < -0.4 is 0 Å². The van der Waals surface area contributed by atoms with E-state index >= 15 is 0 Å². The summed E-state index contributed by atoms with van der Waals surface area (Å²) in [6.07, 6.45) is 7.80. The van der Waals surface area contributed by atoms with Gasteiger partial charge in [-0.1, -0.05) is 19.3 Å². The number of hydrogen-bond donors (Lipinski definition) is 0. The van der Waals surface area contributed by atoms with Gasteiger partial charge < -0.3 is 4.90 Å². The molecule has 0 aromatic rings. The molecule has 3 aliphatic rings. The molecular weight excluding hydrogens is 300 g/mol. The van der Waals surface area contributed by atoms with Gasteiger partial charge in [-0.3, -0.25) is 9.69 Å². The van der Waals surface area contributed by atoms with Crippen molar-refractivity contribution in [1.29, 1.82) is 0 Å². The Balaban J connectivity index is 1.44. The highest BCUT2D eigenvalue weighted by molar-refractivity contribution is 7.91. The molecule has 0 bridgehead atoms. The Hall–Kier alpha value is -0.620. The molecule has 1 unspecified atom stereocenters. The third-order valence-electron chi connectivity index (χ3n) is 5.58. The van der Waals surface area contributed by atoms with Crippen LogP contribution in [0.2, 0.25) is 0 Å². The molecule has 22 heavy (non-hydrogen) atoms. The minimum absolute atomic E-state index is 0.181. The van der Waals surface area contributed by atoms with Crippen LogP contribution in [-0.4, -0.2) is 67.9 Å². The molecule has 0 N–H and O–H groups in total. The van der Waals surface area contributed by atoms with E-state index in [1.807, 2.05) is 4.90 Å². The lowest BCUT2D eigenvalue weighted by atomic mass is 9.86. The van der Waals surface area contributed by atoms with E-state index in [2.05, 4.69) is 4.90 Å². The Bertz CT molecular complexity index is 492. The van der Waals surface area contributed by atoms with Gasteiger partial charge in [-0.15, -0.1) is 0 Å². The van der Waals surface area contributed by atoms with Gasteiger partial charge in [0.15, 0.2) is 9.84 Å². The van der Waals surface area contributed by atoms with Crippen LogP contribution in [-0.2, 0) is 14.6 Å². The Morgan fingerprint density at radius 1 is 0.955 bits per heavy atom. The second-order valence-corrected chi connectivity index (χ2v) is 9.41. The van der Waals surface area contributed by atoms with Gasteiger partial charge in [0.05, 0.1) is 11.5 Å². The van der Waals surface area contributed by atoms with Crippen LogP contribution in [0.4, 0.5) is 0 Å². The van der Waals surface area contributed by atoms with Crippen LogP contribution in [0.1, 0.15) is 44.9 Å². The first-order valence-electron chi connectivity index (χ1n) is 8.76. The van der Waals surface area contributed by atoms with Crippen LogP contribution in [0.5, 0.6) is 0 Å². The highest BCUT2D eigenvalue weighted by Crippen LogP contribution is 2.27. The SMILES string of the molecule is O=C(CC1CCCCC1)N1CCN(C2CCS(=O)(=O)C2)CC1. The zero-order valence-corrected chi connectivity index (χ0v) is 14.2. The molecule has 0 spiro atoms. The summed E-state index contributed by atoms with van der Waals surface area (Å²) in [7, 11) is -2.82. The summed E-state index contributed by atoms with van der Waals surface area (Å²) in [6, 6.07) is 0.181. The zero-order valence-electron chi connectivity index (χ0n) is 13.4. The van der Waals surface area contributed by atoms with Gasteiger partial charge in [-0.2, -0.15) is 0 Å². The third-order valence-corrected chi connectivity index (χ3v) is 7.33. The quantitative estimate of drug-likeness (QED) is 0.783. The molecule has 2 saturated heterocycles. The van der Waals surface area contributed by atoms with Crippen LogP contribution >= 0.6 is 0 Å². The monoisotopic (exact) mass is 328 g/mol. The van der Waals surface area contributed by atoms with Crippen molar-refractivity contribution < 1.29 is 13.2 Å². The van der Waals surface area contributed by atoms with E-state index in [1.54, 1.807) is 0 Å². The van der Waals surface area contributed by atoms with E-state index in [0.29, 0.717) is 23.3 Å². The fourth-order valence-electron chi connectivity index (χ4n) is 4.17. The van der Waals surface area contributed by atoms with Crippen molar-refractivity contribution in [3.05, 3.63) is 0 Å². The molecule has 0 radical (unpaired) electrons. The van der Waals surface area contributed by atoms with Gasteiger partial charge in [0.2, 0.25) is 5.91 Å². The van der Waals surface area contributed by atoms with Crippen LogP contribution in [0, 0.1) is 5.92 Å². The molecule has 126 valence electrons. The number of carbonyl (C=O) groups is 1. The zero-order chi connectivity index (χ0) is 15.6. The van der Waals surface area contributed by atoms with Gasteiger partial charge in [-0.05, 0) is 25.2 Å². The number of hydrogen-bond acceptors (Lipinski definition) is 4. The van der Waals surface area contributed by atoms with Crippen molar-refractivity contribution >= 4 is 15.7 Å². The first kappa shape index (κ1) is 16.2. The molecule has 2 heterocycles. The molecule has 6 heteroatoms. The van der Waals surface area contributed by atoms with E-state index in [0.717, 1.165) is 39.0 Å². The molecule has 1 saturated carbocycles. The average molecular weight is 328 g/mol. The van der Waals surface area contributed by atoms with E-state index < -0.39 is 9.84 Å². The molecule has 3 rings (SSSR count). The predicted octanol–water partition coefficient (Wildman–Crippen LogP) is 1.29. The second-order valence-electron chi connectivity index (χ2n) is 7.18. The molecule has 5 nitrogen and oxygen atoms in total. The fraction of sp³-hybridized carbons (Fsp3) is 0.938. The highest BCUT2D eigenvalue weighted by Gasteiger charge is 2.34. The maximum atomic E-state index is 12.4. The lowest BCUT2D eigenvalue weighted by Gasteiger charge is -2.38. The molecule has 1 atom stereocenters. The third kappa shape index (κ3) is 4.02. The smallest absolute Gasteiger partial charge is 0.222 e. The van der Waals surface area contributed by atoms with E-state index in [4.69, 9.17) is 0 Å². The van der Waals surface area contributed by atoms with Gasteiger partial charge in [0.25, 0.3) is 0 Å². The van der Waals surface area contributed by atoms with Crippen LogP contribution in [0.15, 0.2) is 0 Å². The molecular formula is C16H28N2O3S. The Morgan fingerprint density at radius 2 is 1.64 bits per heavy atom. The average Bonchev–Trinajstić information content (AvgIpc) is 2.88. The number of nitrogens with zero attached hydrogens (tertiary/aromatic N) is 2. The van der Waals surface area contributed by atoms with E-state index in [9.17, 15) is 13.2 Å². The van der Waals surface area contributed by atoms with E-state index in [-0.39, 0.29) is 6.04 Å². The maximum absolute atomic E-state index is 12.4. The van der Waals surface area contributed by atoms with Crippen molar-refractivity contribution in [3.63, 3.8) is 0 Å². The standard InChI is InChI=1S/C16H28N2O3S/c19-16(12-14-4-2-1-3-5-14)18-9-7-17(8-10-18)15-6-11-22(20,21)13-15/h14-15H,1-13H2. The first-order chi connectivity index (χ1) is 10.5. The summed E-state index contributed by atoms with van der Waals surface area (Å²) >= 11 is 0. The first-order valence-corrected chi connectivity index (χ1v) is 10.6. The molecule has 2 aliphatic heterocycles. The van der Waals surface area contributed by atoms with E-state index in [1.165, 1.54) is 32.1 Å². The van der Waals surface area contributed by atoms with Crippen molar-refractivity contribution in [2.75, 3.05) is 37.7 Å². The lowest BCUT2D eigenvalue weighted by Crippen LogP contribution is -2.52. The number of amides is 1. The molecule has 0 aromatic carbocycles. The van der Waals surface area contributed by atoms with Crippen LogP contribution in [0.3, 0.4) is 0 Å². The molecule has 0 aromatic heterocycles. The number of rotatable bonds is 3. The second kappa shape index (κ2) is 6.87. The largest absolute Gasteiger partial charge is 0.340 e. The maximum Gasteiger partial charge on any atom is 0.222 e. The summed E-state index contributed by atoms with van der Waals surface area (Å²) in [5.41, 5.74) is 0. The minimum atomic E-state index is -2.82. The molecule has 1 amide bonds. The van der Waals surface area contributed by atoms with Crippen molar-refractivity contribution in [2.45, 2.75) is 51.0 Å². The Morgan fingerprint density at radius 3 is 2.23 bits per heavy atom. The van der Waals surface area contributed by atoms with Crippen LogP contribution in [0.25, 0.3) is 0 Å². The molecule has 3 fully saturated rings. The summed E-state index contributed by atoms with van der Waals surface area (Å²) in [4.78, 5) is 16.7. The Labute approximate surface area is 134 Å². The van der Waals surface area contributed by atoms with Gasteiger partial charge in [0, 0.05) is 38.6 Å². The molecule has 1 aliphatic carbocycles. The van der Waals surface area contributed by atoms with Crippen molar-refractivity contribution in [1.82, 2.24) is 9.80 Å². The summed E-state index contributed by atoms with van der Waals surface area (Å²) in [5, 5.41) is 0. The highest BCUT2D eigenvalue weighted by atomic mass is 32.2. The number of piperazine rings is 1.